The Balaban J connectivity index is 1.73. The predicted octanol–water partition coefficient (Wildman–Crippen LogP) is 4.74. The van der Waals surface area contributed by atoms with E-state index in [1.165, 1.54) is 5.56 Å². The van der Waals surface area contributed by atoms with Gasteiger partial charge in [0.15, 0.2) is 6.29 Å². The van der Waals surface area contributed by atoms with Crippen molar-refractivity contribution in [3.63, 3.8) is 0 Å². The lowest BCUT2D eigenvalue weighted by Gasteiger charge is -2.13. The molecule has 1 aliphatic carbocycles. The number of nitrogens with zero attached hydrogens (tertiary/aromatic N) is 1. The highest BCUT2D eigenvalue weighted by molar-refractivity contribution is 7.98. The third-order valence-electron chi connectivity index (χ3n) is 5.50. The lowest BCUT2D eigenvalue weighted by atomic mass is 10.1. The lowest BCUT2D eigenvalue weighted by molar-refractivity contribution is -0.125. The predicted molar refractivity (Wildman–Crippen MR) is 115 cm³/mol. The zero-order valence-corrected chi connectivity index (χ0v) is 17.6. The van der Waals surface area contributed by atoms with E-state index in [9.17, 15) is 9.59 Å². The number of rotatable bonds is 7. The Hall–Kier alpha value is -2.73. The number of aryl methyl sites for hydroxylation is 1. The second-order valence-electron chi connectivity index (χ2n) is 7.85. The molecule has 1 aromatic heterocycles. The van der Waals surface area contributed by atoms with Gasteiger partial charge in [-0.05, 0) is 56.0 Å². The second-order valence-corrected chi connectivity index (χ2v) is 8.87. The highest BCUT2D eigenvalue weighted by Gasteiger charge is 2.44. The van der Waals surface area contributed by atoms with Crippen molar-refractivity contribution in [3.05, 3.63) is 59.3 Å². The molecule has 1 aliphatic rings. The first kappa shape index (κ1) is 19.6. The fraction of sp³-hybridized carbons (Fsp3) is 0.304. The van der Waals surface area contributed by atoms with Crippen molar-refractivity contribution in [2.45, 2.75) is 38.1 Å². The molecule has 0 unspecified atom stereocenters. The van der Waals surface area contributed by atoms with Gasteiger partial charge in [0.2, 0.25) is 5.91 Å². The number of ether oxygens (including phenoxy) is 1. The molecule has 2 aromatic carbocycles. The molecule has 1 heterocycles. The molecule has 1 fully saturated rings. The third-order valence-corrected chi connectivity index (χ3v) is 6.60. The molecule has 0 radical (unpaired) electrons. The van der Waals surface area contributed by atoms with E-state index in [2.05, 4.69) is 40.5 Å². The molecular weight excluding hydrogens is 384 g/mol. The van der Waals surface area contributed by atoms with Crippen molar-refractivity contribution < 1.29 is 14.3 Å². The summed E-state index contributed by atoms with van der Waals surface area (Å²) in [5.41, 5.74) is 3.41. The molecule has 0 atom stereocenters. The average Bonchev–Trinajstić information content (AvgIpc) is 3.40. The largest absolute Gasteiger partial charge is 0.496 e. The SMILES string of the molecule is COc1cc2c(cc1C=O)cc(CNC(=O)C1(C)CC1)n2Sc1ccc(C)cc1. The van der Waals surface area contributed by atoms with E-state index in [0.29, 0.717) is 17.9 Å². The van der Waals surface area contributed by atoms with Gasteiger partial charge < -0.3 is 10.1 Å². The van der Waals surface area contributed by atoms with Crippen molar-refractivity contribution in [3.8, 4) is 5.75 Å². The number of carbonyl (C=O) groups excluding carboxylic acids is 2. The number of methoxy groups -OCH3 is 1. The molecule has 0 saturated heterocycles. The number of carbonyl (C=O) groups is 2. The van der Waals surface area contributed by atoms with Gasteiger partial charge in [0.1, 0.15) is 5.75 Å². The van der Waals surface area contributed by atoms with Crippen molar-refractivity contribution in [1.82, 2.24) is 9.29 Å². The Morgan fingerprint density at radius 3 is 2.59 bits per heavy atom. The third kappa shape index (κ3) is 3.90. The van der Waals surface area contributed by atoms with Crippen LogP contribution in [0.2, 0.25) is 0 Å². The van der Waals surface area contributed by atoms with Crippen LogP contribution in [-0.4, -0.2) is 23.3 Å². The standard InChI is InChI=1S/C23H24N2O3S/c1-15-4-6-19(7-5-15)29-25-18(13-24-22(27)23(2)8-9-23)11-16-10-17(14-26)21(28-3)12-20(16)25/h4-7,10-12,14H,8-9,13H2,1-3H3,(H,24,27). The molecule has 150 valence electrons. The summed E-state index contributed by atoms with van der Waals surface area (Å²) in [4.78, 5) is 24.9. The van der Waals surface area contributed by atoms with Gasteiger partial charge in [0, 0.05) is 21.8 Å². The molecule has 0 aliphatic heterocycles. The van der Waals surface area contributed by atoms with Gasteiger partial charge in [-0.25, -0.2) is 0 Å². The van der Waals surface area contributed by atoms with E-state index in [1.807, 2.05) is 25.1 Å². The maximum atomic E-state index is 12.4. The minimum Gasteiger partial charge on any atom is -0.496 e. The molecule has 1 N–H and O–H groups in total. The van der Waals surface area contributed by atoms with Gasteiger partial charge in [-0.3, -0.25) is 13.6 Å². The average molecular weight is 409 g/mol. The zero-order valence-electron chi connectivity index (χ0n) is 16.8. The monoisotopic (exact) mass is 408 g/mol. The van der Waals surface area contributed by atoms with Gasteiger partial charge in [0.25, 0.3) is 0 Å². The number of aromatic nitrogens is 1. The topological polar surface area (TPSA) is 60.3 Å². The van der Waals surface area contributed by atoms with Crippen LogP contribution in [-0.2, 0) is 11.3 Å². The van der Waals surface area contributed by atoms with Crippen LogP contribution in [0.5, 0.6) is 5.75 Å². The number of hydrogen-bond donors (Lipinski definition) is 1. The Morgan fingerprint density at radius 1 is 1.24 bits per heavy atom. The first-order chi connectivity index (χ1) is 13.9. The summed E-state index contributed by atoms with van der Waals surface area (Å²) in [7, 11) is 1.56. The van der Waals surface area contributed by atoms with Crippen molar-refractivity contribution in [1.29, 1.82) is 0 Å². The fourth-order valence-electron chi connectivity index (χ4n) is 3.29. The van der Waals surface area contributed by atoms with E-state index in [0.717, 1.165) is 40.6 Å². The van der Waals surface area contributed by atoms with Crippen LogP contribution in [0.15, 0.2) is 47.4 Å². The van der Waals surface area contributed by atoms with Gasteiger partial charge >= 0.3 is 0 Å². The maximum absolute atomic E-state index is 12.4. The number of benzene rings is 2. The number of aldehydes is 1. The molecular formula is C23H24N2O3S. The number of amides is 1. The number of hydrogen-bond acceptors (Lipinski definition) is 4. The van der Waals surface area contributed by atoms with E-state index in [-0.39, 0.29) is 11.3 Å². The molecule has 29 heavy (non-hydrogen) atoms. The van der Waals surface area contributed by atoms with Crippen LogP contribution < -0.4 is 10.1 Å². The van der Waals surface area contributed by atoms with Crippen LogP contribution >= 0.6 is 11.9 Å². The van der Waals surface area contributed by atoms with Crippen molar-refractivity contribution in [2.75, 3.05) is 7.11 Å². The minimum atomic E-state index is -0.213. The maximum Gasteiger partial charge on any atom is 0.226 e. The normalized spacial score (nSPS) is 14.6. The summed E-state index contributed by atoms with van der Waals surface area (Å²) in [6.07, 6.45) is 2.69. The quantitative estimate of drug-likeness (QED) is 0.574. The van der Waals surface area contributed by atoms with E-state index in [4.69, 9.17) is 4.74 Å². The zero-order chi connectivity index (χ0) is 20.6. The molecule has 5 nitrogen and oxygen atoms in total. The van der Waals surface area contributed by atoms with Crippen LogP contribution in [0.3, 0.4) is 0 Å². The fourth-order valence-corrected chi connectivity index (χ4v) is 4.25. The van der Waals surface area contributed by atoms with Gasteiger partial charge in [0.05, 0.1) is 30.4 Å². The molecule has 4 rings (SSSR count). The lowest BCUT2D eigenvalue weighted by Crippen LogP contribution is -2.30. The molecule has 0 bridgehead atoms. The highest BCUT2D eigenvalue weighted by Crippen LogP contribution is 2.45. The summed E-state index contributed by atoms with van der Waals surface area (Å²) in [5, 5.41) is 4.02. The molecule has 1 amide bonds. The molecule has 6 heteroatoms. The van der Waals surface area contributed by atoms with Crippen LogP contribution in [0.4, 0.5) is 0 Å². The Morgan fingerprint density at radius 2 is 1.97 bits per heavy atom. The van der Waals surface area contributed by atoms with Gasteiger partial charge in [-0.15, -0.1) is 0 Å². The van der Waals surface area contributed by atoms with Gasteiger partial charge in [-0.2, -0.15) is 0 Å². The number of nitrogens with one attached hydrogen (secondary N) is 1. The summed E-state index contributed by atoms with van der Waals surface area (Å²) in [6.45, 7) is 4.49. The minimum absolute atomic E-state index is 0.0980. The van der Waals surface area contributed by atoms with E-state index < -0.39 is 0 Å². The first-order valence-electron chi connectivity index (χ1n) is 9.64. The van der Waals surface area contributed by atoms with Crippen LogP contribution in [0.1, 0.15) is 41.4 Å². The molecule has 1 saturated carbocycles. The second kappa shape index (κ2) is 7.59. The Bertz CT molecular complexity index is 1080. The van der Waals surface area contributed by atoms with E-state index in [1.54, 1.807) is 19.1 Å². The van der Waals surface area contributed by atoms with Crippen molar-refractivity contribution in [2.24, 2.45) is 5.41 Å². The molecule has 0 spiro atoms. The first-order valence-corrected chi connectivity index (χ1v) is 10.4. The molecule has 3 aromatic rings. The van der Waals surface area contributed by atoms with Crippen molar-refractivity contribution >= 4 is 35.0 Å². The summed E-state index contributed by atoms with van der Waals surface area (Å²) in [6, 6.07) is 14.1. The van der Waals surface area contributed by atoms with Crippen LogP contribution in [0, 0.1) is 12.3 Å². The van der Waals surface area contributed by atoms with Crippen LogP contribution in [0.25, 0.3) is 10.9 Å². The van der Waals surface area contributed by atoms with Gasteiger partial charge in [-0.1, -0.05) is 24.6 Å². The Kier molecular flexibility index (Phi) is 5.13. The highest BCUT2D eigenvalue weighted by atomic mass is 32.2. The Labute approximate surface area is 174 Å². The summed E-state index contributed by atoms with van der Waals surface area (Å²) < 4.78 is 7.51. The summed E-state index contributed by atoms with van der Waals surface area (Å²) in [5.74, 6) is 0.637. The smallest absolute Gasteiger partial charge is 0.226 e. The van der Waals surface area contributed by atoms with E-state index >= 15 is 0 Å². The summed E-state index contributed by atoms with van der Waals surface area (Å²) >= 11 is 1.59. The number of fused-ring (bicyclic) bond motifs is 1.